The van der Waals surface area contributed by atoms with E-state index in [1.807, 2.05) is 0 Å². The highest BCUT2D eigenvalue weighted by Gasteiger charge is 2.72. The van der Waals surface area contributed by atoms with Crippen LogP contribution in [0.3, 0.4) is 0 Å². The van der Waals surface area contributed by atoms with Gasteiger partial charge in [0, 0.05) is 12.8 Å². The second kappa shape index (κ2) is 5.14. The summed E-state index contributed by atoms with van der Waals surface area (Å²) in [5.41, 5.74) is 0. The molecule has 1 nitrogen and oxygen atoms in total. The van der Waals surface area contributed by atoms with Crippen molar-refractivity contribution < 1.29 is 44.3 Å². The van der Waals surface area contributed by atoms with Crippen LogP contribution in [0.5, 0.6) is 0 Å². The SMILES string of the molecule is CCOC(F)(F)C(F)(F)C(F)(F)CCC(F)(F)F. The topological polar surface area (TPSA) is 9.23 Å². The van der Waals surface area contributed by atoms with Crippen molar-refractivity contribution in [1.82, 2.24) is 0 Å². The van der Waals surface area contributed by atoms with Crippen LogP contribution in [0.25, 0.3) is 0 Å². The number of halogens is 9. The molecule has 0 aliphatic heterocycles. The summed E-state index contributed by atoms with van der Waals surface area (Å²) in [6.45, 7) is -0.157. The Kier molecular flexibility index (Phi) is 4.95. The fraction of sp³-hybridized carbons (Fsp3) is 1.00. The van der Waals surface area contributed by atoms with Crippen LogP contribution in [0.1, 0.15) is 19.8 Å². The zero-order chi connectivity index (χ0) is 14.8. The van der Waals surface area contributed by atoms with Crippen molar-refractivity contribution in [3.63, 3.8) is 0 Å². The average Bonchev–Trinajstić information content (AvgIpc) is 2.13. The molecule has 0 saturated heterocycles. The fourth-order valence-electron chi connectivity index (χ4n) is 0.941. The van der Waals surface area contributed by atoms with Crippen LogP contribution in [0.15, 0.2) is 0 Å². The minimum Gasteiger partial charge on any atom is -0.316 e. The Morgan fingerprint density at radius 3 is 1.56 bits per heavy atom. The van der Waals surface area contributed by atoms with E-state index in [0.717, 1.165) is 6.92 Å². The summed E-state index contributed by atoms with van der Waals surface area (Å²) < 4.78 is 114. The quantitative estimate of drug-likeness (QED) is 0.666. The average molecular weight is 292 g/mol. The molecule has 0 aliphatic rings. The third-order valence-corrected chi connectivity index (χ3v) is 1.87. The normalized spacial score (nSPS) is 15.0. The molecule has 18 heavy (non-hydrogen) atoms. The molecular weight excluding hydrogens is 283 g/mol. The molecule has 0 rings (SSSR count). The molecule has 0 bridgehead atoms. The minimum absolute atomic E-state index is 0.845. The maximum Gasteiger partial charge on any atom is 0.425 e. The van der Waals surface area contributed by atoms with Gasteiger partial charge >= 0.3 is 24.1 Å². The van der Waals surface area contributed by atoms with E-state index < -0.39 is 43.6 Å². The Labute approximate surface area is 95.9 Å². The summed E-state index contributed by atoms with van der Waals surface area (Å²) in [5.74, 6) is -11.6. The Bertz CT molecular complexity index is 270. The minimum atomic E-state index is -6.03. The molecule has 0 aliphatic carbocycles. The molecule has 10 heteroatoms. The first-order valence-corrected chi connectivity index (χ1v) is 4.61. The molecule has 0 saturated carbocycles. The van der Waals surface area contributed by atoms with Gasteiger partial charge in [-0.3, -0.25) is 0 Å². The van der Waals surface area contributed by atoms with Gasteiger partial charge in [0.05, 0.1) is 6.61 Å². The summed E-state index contributed by atoms with van der Waals surface area (Å²) in [7, 11) is 0. The molecule has 0 aromatic heterocycles. The highest BCUT2D eigenvalue weighted by molar-refractivity contribution is 4.92. The second-order valence-corrected chi connectivity index (χ2v) is 3.34. The van der Waals surface area contributed by atoms with Crippen LogP contribution in [-0.4, -0.2) is 30.7 Å². The molecule has 0 atom stereocenters. The van der Waals surface area contributed by atoms with E-state index >= 15 is 0 Å². The smallest absolute Gasteiger partial charge is 0.316 e. The molecule has 0 aromatic carbocycles. The van der Waals surface area contributed by atoms with Gasteiger partial charge in [0.2, 0.25) is 0 Å². The summed E-state index contributed by atoms with van der Waals surface area (Å²) in [6, 6.07) is 0. The van der Waals surface area contributed by atoms with Crippen LogP contribution in [0.2, 0.25) is 0 Å². The zero-order valence-electron chi connectivity index (χ0n) is 8.93. The van der Waals surface area contributed by atoms with Crippen LogP contribution in [0, 0.1) is 0 Å². The molecule has 0 aromatic rings. The van der Waals surface area contributed by atoms with Gasteiger partial charge in [0.25, 0.3) is 0 Å². The number of hydrogen-bond acceptors (Lipinski definition) is 1. The van der Waals surface area contributed by atoms with Crippen molar-refractivity contribution in [3.8, 4) is 0 Å². The van der Waals surface area contributed by atoms with Crippen molar-refractivity contribution in [2.45, 2.75) is 43.9 Å². The fourth-order valence-corrected chi connectivity index (χ4v) is 0.941. The number of rotatable bonds is 6. The molecule has 0 spiro atoms. The molecular formula is C8H9F9O. The lowest BCUT2D eigenvalue weighted by molar-refractivity contribution is -0.399. The number of ether oxygens (including phenoxy) is 1. The summed E-state index contributed by atoms with van der Waals surface area (Å²) in [6.07, 6.45) is -15.5. The van der Waals surface area contributed by atoms with Gasteiger partial charge in [-0.2, -0.15) is 39.5 Å². The molecule has 0 N–H and O–H groups in total. The monoisotopic (exact) mass is 292 g/mol. The van der Waals surface area contributed by atoms with Gasteiger partial charge < -0.3 is 4.74 Å². The lowest BCUT2D eigenvalue weighted by Gasteiger charge is -2.32. The van der Waals surface area contributed by atoms with Gasteiger partial charge in [0.15, 0.2) is 0 Å². The van der Waals surface area contributed by atoms with Gasteiger partial charge in [-0.1, -0.05) is 0 Å². The maximum atomic E-state index is 12.7. The van der Waals surface area contributed by atoms with Crippen molar-refractivity contribution in [2.75, 3.05) is 6.61 Å². The molecule has 0 radical (unpaired) electrons. The maximum absolute atomic E-state index is 12.7. The summed E-state index contributed by atoms with van der Waals surface area (Å²) in [4.78, 5) is 0. The van der Waals surface area contributed by atoms with Crippen LogP contribution in [-0.2, 0) is 4.74 Å². The van der Waals surface area contributed by atoms with E-state index in [0.29, 0.717) is 0 Å². The standard InChI is InChI=1S/C8H9F9O/c1-2-18-8(16,17)7(14,15)5(9,10)3-4-6(11,12)13/h2-4H2,1H3. The third kappa shape index (κ3) is 3.92. The molecule has 110 valence electrons. The Morgan fingerprint density at radius 1 is 0.778 bits per heavy atom. The molecule has 0 amide bonds. The second-order valence-electron chi connectivity index (χ2n) is 3.34. The van der Waals surface area contributed by atoms with Crippen LogP contribution in [0.4, 0.5) is 39.5 Å². The Morgan fingerprint density at radius 2 is 1.22 bits per heavy atom. The highest BCUT2D eigenvalue weighted by Crippen LogP contribution is 2.49. The predicted octanol–water partition coefficient (Wildman–Crippen LogP) is 4.23. The van der Waals surface area contributed by atoms with Crippen LogP contribution >= 0.6 is 0 Å². The van der Waals surface area contributed by atoms with Gasteiger partial charge in [-0.15, -0.1) is 0 Å². The zero-order valence-corrected chi connectivity index (χ0v) is 8.93. The third-order valence-electron chi connectivity index (χ3n) is 1.87. The Hall–Kier alpha value is -0.670. The Balaban J connectivity index is 4.95. The lowest BCUT2D eigenvalue weighted by Crippen LogP contribution is -2.55. The van der Waals surface area contributed by atoms with E-state index in [-0.39, 0.29) is 0 Å². The van der Waals surface area contributed by atoms with E-state index in [1.165, 1.54) is 0 Å². The van der Waals surface area contributed by atoms with Gasteiger partial charge in [-0.25, -0.2) is 0 Å². The van der Waals surface area contributed by atoms with E-state index in [9.17, 15) is 39.5 Å². The molecule has 0 unspecified atom stereocenters. The van der Waals surface area contributed by atoms with Crippen molar-refractivity contribution in [2.24, 2.45) is 0 Å². The van der Waals surface area contributed by atoms with Crippen LogP contribution < -0.4 is 0 Å². The molecule has 0 fully saturated rings. The van der Waals surface area contributed by atoms with E-state index in [2.05, 4.69) is 4.74 Å². The predicted molar refractivity (Wildman–Crippen MR) is 41.8 cm³/mol. The first kappa shape index (κ1) is 17.3. The van der Waals surface area contributed by atoms with Crippen molar-refractivity contribution in [3.05, 3.63) is 0 Å². The van der Waals surface area contributed by atoms with Gasteiger partial charge in [0.1, 0.15) is 0 Å². The number of hydrogen-bond donors (Lipinski definition) is 0. The van der Waals surface area contributed by atoms with Crippen molar-refractivity contribution >= 4 is 0 Å². The van der Waals surface area contributed by atoms with Gasteiger partial charge in [-0.05, 0) is 6.92 Å². The first-order chi connectivity index (χ1) is 7.77. The summed E-state index contributed by atoms with van der Waals surface area (Å²) in [5, 5.41) is 0. The van der Waals surface area contributed by atoms with Crippen molar-refractivity contribution in [1.29, 1.82) is 0 Å². The summed E-state index contributed by atoms with van der Waals surface area (Å²) >= 11 is 0. The highest BCUT2D eigenvalue weighted by atomic mass is 19.4. The lowest BCUT2D eigenvalue weighted by atomic mass is 10.1. The first-order valence-electron chi connectivity index (χ1n) is 4.61. The molecule has 0 heterocycles. The largest absolute Gasteiger partial charge is 0.425 e. The number of alkyl halides is 9. The van der Waals surface area contributed by atoms with E-state index in [4.69, 9.17) is 0 Å². The van der Waals surface area contributed by atoms with E-state index in [1.54, 1.807) is 0 Å².